The summed E-state index contributed by atoms with van der Waals surface area (Å²) in [4.78, 5) is 17.1. The first-order chi connectivity index (χ1) is 19.4. The normalized spacial score (nSPS) is 12.9. The van der Waals surface area contributed by atoms with Gasteiger partial charge in [0.15, 0.2) is 17.2 Å². The number of rotatable bonds is 6. The number of nitrogens with zero attached hydrogens (tertiary/aromatic N) is 4. The second-order valence-electron chi connectivity index (χ2n) is 8.81. The highest BCUT2D eigenvalue weighted by molar-refractivity contribution is 6.07. The van der Waals surface area contributed by atoms with Crippen molar-refractivity contribution in [3.8, 4) is 22.8 Å². The lowest BCUT2D eigenvalue weighted by molar-refractivity contribution is -0.112. The van der Waals surface area contributed by atoms with Gasteiger partial charge in [0.1, 0.15) is 17.4 Å². The van der Waals surface area contributed by atoms with E-state index in [1.807, 2.05) is 0 Å². The van der Waals surface area contributed by atoms with E-state index < -0.39 is 11.7 Å². The van der Waals surface area contributed by atoms with Gasteiger partial charge in [-0.1, -0.05) is 0 Å². The standard InChI is InChI=1S/C29H19F3N6O2/c30-19-3-1-17(2-4-19)27-26-25(12-13-33-28(26)37-36-27)40-24-10-7-21(15-23(24)32)35-29(39)18-11-14-34-38(16-18)22-8-5-20(31)6-9-22/h1-15H,16H2,(H,35,39)(H,33,36,37). The number of ether oxygens (including phenoxy) is 1. The highest BCUT2D eigenvalue weighted by Gasteiger charge is 2.19. The van der Waals surface area contributed by atoms with E-state index in [4.69, 9.17) is 4.74 Å². The Hall–Kier alpha value is -5.45. The molecule has 11 heteroatoms. The second kappa shape index (κ2) is 10.4. The topological polar surface area (TPSA) is 95.5 Å². The van der Waals surface area contributed by atoms with E-state index in [0.29, 0.717) is 39.3 Å². The number of hydrogen-bond donors (Lipinski definition) is 2. The first-order valence-corrected chi connectivity index (χ1v) is 12.1. The minimum absolute atomic E-state index is 0.0803. The average molecular weight is 541 g/mol. The first kappa shape index (κ1) is 24.9. The number of benzene rings is 3. The molecule has 40 heavy (non-hydrogen) atoms. The van der Waals surface area contributed by atoms with Gasteiger partial charge >= 0.3 is 0 Å². The molecule has 0 saturated heterocycles. The zero-order valence-electron chi connectivity index (χ0n) is 20.6. The smallest absolute Gasteiger partial charge is 0.253 e. The van der Waals surface area contributed by atoms with Crippen LogP contribution in [-0.4, -0.2) is 33.8 Å². The van der Waals surface area contributed by atoms with Crippen LogP contribution in [0.2, 0.25) is 0 Å². The Morgan fingerprint density at radius 3 is 2.42 bits per heavy atom. The monoisotopic (exact) mass is 540 g/mol. The second-order valence-corrected chi connectivity index (χ2v) is 8.81. The molecule has 0 unspecified atom stereocenters. The number of H-pyrrole nitrogens is 1. The van der Waals surface area contributed by atoms with Crippen molar-refractivity contribution < 1.29 is 22.7 Å². The Morgan fingerprint density at radius 1 is 0.925 bits per heavy atom. The van der Waals surface area contributed by atoms with Crippen molar-refractivity contribution >= 4 is 34.5 Å². The molecule has 8 nitrogen and oxygen atoms in total. The third kappa shape index (κ3) is 4.99. The Morgan fingerprint density at radius 2 is 1.68 bits per heavy atom. The van der Waals surface area contributed by atoms with E-state index in [2.05, 4.69) is 25.6 Å². The largest absolute Gasteiger partial charge is 0.453 e. The number of carbonyl (C=O) groups is 1. The van der Waals surface area contributed by atoms with E-state index in [0.717, 1.165) is 6.07 Å². The van der Waals surface area contributed by atoms with E-state index in [1.165, 1.54) is 48.8 Å². The molecule has 0 atom stereocenters. The molecule has 3 heterocycles. The first-order valence-electron chi connectivity index (χ1n) is 12.1. The molecule has 5 aromatic rings. The van der Waals surface area contributed by atoms with Gasteiger partial charge in [-0.2, -0.15) is 10.2 Å². The van der Waals surface area contributed by atoms with Crippen LogP contribution >= 0.6 is 0 Å². The van der Waals surface area contributed by atoms with Gasteiger partial charge in [-0.3, -0.25) is 14.9 Å². The van der Waals surface area contributed by atoms with Crippen LogP contribution in [0.25, 0.3) is 22.3 Å². The molecular weight excluding hydrogens is 521 g/mol. The van der Waals surface area contributed by atoms with Gasteiger partial charge in [-0.25, -0.2) is 18.2 Å². The molecule has 6 rings (SSSR count). The summed E-state index contributed by atoms with van der Waals surface area (Å²) < 4.78 is 47.7. The van der Waals surface area contributed by atoms with Gasteiger partial charge < -0.3 is 10.1 Å². The summed E-state index contributed by atoms with van der Waals surface area (Å²) in [5.74, 6) is -1.69. The van der Waals surface area contributed by atoms with E-state index in [9.17, 15) is 13.6 Å². The number of hydrogen-bond acceptors (Lipinski definition) is 6. The van der Waals surface area contributed by atoms with Crippen LogP contribution in [0.4, 0.5) is 24.5 Å². The molecule has 0 bridgehead atoms. The Kier molecular flexibility index (Phi) is 6.44. The van der Waals surface area contributed by atoms with Crippen molar-refractivity contribution in [2.45, 2.75) is 0 Å². The number of anilines is 2. The molecule has 3 aromatic carbocycles. The lowest BCUT2D eigenvalue weighted by Gasteiger charge is -2.23. The molecule has 2 N–H and O–H groups in total. The summed E-state index contributed by atoms with van der Waals surface area (Å²) in [6.45, 7) is 0.150. The van der Waals surface area contributed by atoms with E-state index in [-0.39, 0.29) is 29.6 Å². The molecule has 0 spiro atoms. The molecule has 0 fully saturated rings. The number of allylic oxidation sites excluding steroid dienone is 1. The lowest BCUT2D eigenvalue weighted by atomic mass is 10.1. The summed E-state index contributed by atoms with van der Waals surface area (Å²) in [6.07, 6.45) is 4.50. The molecule has 198 valence electrons. The fourth-order valence-corrected chi connectivity index (χ4v) is 4.20. The van der Waals surface area contributed by atoms with E-state index >= 15 is 4.39 Å². The maximum Gasteiger partial charge on any atom is 0.253 e. The van der Waals surface area contributed by atoms with Crippen molar-refractivity contribution in [2.24, 2.45) is 5.10 Å². The quantitative estimate of drug-likeness (QED) is 0.267. The number of hydrazone groups is 1. The molecule has 0 aliphatic carbocycles. The SMILES string of the molecule is O=C(Nc1ccc(Oc2ccnc3n[nH]c(-c4ccc(F)cc4)c23)c(F)c1)C1=CC=NN(c2ccc(F)cc2)C1. The number of carbonyl (C=O) groups excluding carboxylic acids is 1. The minimum atomic E-state index is -0.707. The van der Waals surface area contributed by atoms with Crippen molar-refractivity contribution in [3.63, 3.8) is 0 Å². The van der Waals surface area contributed by atoms with Gasteiger partial charge in [0.25, 0.3) is 5.91 Å². The number of amides is 1. The van der Waals surface area contributed by atoms with Gasteiger partial charge in [0.05, 0.1) is 23.3 Å². The number of nitrogens with one attached hydrogen (secondary N) is 2. The highest BCUT2D eigenvalue weighted by Crippen LogP contribution is 2.36. The van der Waals surface area contributed by atoms with Crippen LogP contribution in [-0.2, 0) is 4.79 Å². The van der Waals surface area contributed by atoms with Crippen LogP contribution in [0, 0.1) is 17.5 Å². The Bertz CT molecular complexity index is 1780. The van der Waals surface area contributed by atoms with Crippen molar-refractivity contribution in [1.29, 1.82) is 0 Å². The van der Waals surface area contributed by atoms with Crippen molar-refractivity contribution in [1.82, 2.24) is 15.2 Å². The number of aromatic amines is 1. The summed E-state index contributed by atoms with van der Waals surface area (Å²) in [5, 5.41) is 16.0. The lowest BCUT2D eigenvalue weighted by Crippen LogP contribution is -2.28. The van der Waals surface area contributed by atoms with Crippen LogP contribution in [0.15, 0.2) is 95.7 Å². The third-order valence-electron chi connectivity index (χ3n) is 6.18. The molecular formula is C29H19F3N6O2. The van der Waals surface area contributed by atoms with Gasteiger partial charge in [-0.05, 0) is 72.8 Å². The van der Waals surface area contributed by atoms with Crippen molar-refractivity contribution in [3.05, 3.63) is 108 Å². The molecule has 2 aromatic heterocycles. The van der Waals surface area contributed by atoms with Crippen LogP contribution in [0.1, 0.15) is 0 Å². The predicted molar refractivity (Wildman–Crippen MR) is 145 cm³/mol. The van der Waals surface area contributed by atoms with Crippen LogP contribution in [0.5, 0.6) is 11.5 Å². The van der Waals surface area contributed by atoms with Crippen LogP contribution < -0.4 is 15.1 Å². The molecule has 1 amide bonds. The minimum Gasteiger partial charge on any atom is -0.453 e. The average Bonchev–Trinajstić information content (AvgIpc) is 3.40. The molecule has 0 radical (unpaired) electrons. The third-order valence-corrected chi connectivity index (χ3v) is 6.18. The Balaban J connectivity index is 1.19. The van der Waals surface area contributed by atoms with Crippen LogP contribution in [0.3, 0.4) is 0 Å². The fraction of sp³-hybridized carbons (Fsp3) is 0.0345. The Labute approximate surface area is 225 Å². The predicted octanol–water partition coefficient (Wildman–Crippen LogP) is 6.21. The molecule has 1 aliphatic rings. The maximum absolute atomic E-state index is 15.1. The number of pyridine rings is 1. The summed E-state index contributed by atoms with van der Waals surface area (Å²) >= 11 is 0. The number of aromatic nitrogens is 3. The van der Waals surface area contributed by atoms with Gasteiger partial charge in [0.2, 0.25) is 0 Å². The zero-order chi connectivity index (χ0) is 27.6. The summed E-state index contributed by atoms with van der Waals surface area (Å²) in [6, 6.07) is 17.2. The summed E-state index contributed by atoms with van der Waals surface area (Å²) in [5.41, 5.74) is 2.77. The number of halogens is 3. The zero-order valence-corrected chi connectivity index (χ0v) is 20.6. The summed E-state index contributed by atoms with van der Waals surface area (Å²) in [7, 11) is 0. The van der Waals surface area contributed by atoms with E-state index in [1.54, 1.807) is 41.4 Å². The van der Waals surface area contributed by atoms with Gasteiger partial charge in [-0.15, -0.1) is 0 Å². The molecule has 0 saturated carbocycles. The maximum atomic E-state index is 15.1. The molecule has 1 aliphatic heterocycles. The highest BCUT2D eigenvalue weighted by atomic mass is 19.1. The fourth-order valence-electron chi connectivity index (χ4n) is 4.20. The number of fused-ring (bicyclic) bond motifs is 1. The van der Waals surface area contributed by atoms with Gasteiger partial charge in [0, 0.05) is 35.3 Å². The van der Waals surface area contributed by atoms with Crippen molar-refractivity contribution in [2.75, 3.05) is 16.9 Å².